The number of aromatic nitrogens is 2. The molecule has 2 atom stereocenters. The smallest absolute Gasteiger partial charge is 0.261 e. The quantitative estimate of drug-likeness (QED) is 0.765. The van der Waals surface area contributed by atoms with Crippen molar-refractivity contribution in [3.05, 3.63) is 40.4 Å². The van der Waals surface area contributed by atoms with E-state index in [4.69, 9.17) is 11.6 Å². The summed E-state index contributed by atoms with van der Waals surface area (Å²) < 4.78 is 1.86. The molecule has 3 nitrogen and oxygen atoms in total. The van der Waals surface area contributed by atoms with Crippen molar-refractivity contribution < 1.29 is 0 Å². The highest BCUT2D eigenvalue weighted by Crippen LogP contribution is 2.38. The molecule has 2 aromatic rings. The van der Waals surface area contributed by atoms with Crippen molar-refractivity contribution in [2.24, 2.45) is 5.92 Å². The molecule has 0 aliphatic heterocycles. The van der Waals surface area contributed by atoms with Gasteiger partial charge >= 0.3 is 0 Å². The summed E-state index contributed by atoms with van der Waals surface area (Å²) in [7, 11) is 0. The zero-order valence-corrected chi connectivity index (χ0v) is 13.3. The van der Waals surface area contributed by atoms with Crippen molar-refractivity contribution in [1.29, 1.82) is 0 Å². The molecule has 0 radical (unpaired) electrons. The molecule has 2 unspecified atom stereocenters. The molecule has 0 saturated heterocycles. The molecular weight excluding hydrogens is 284 g/mol. The molecule has 0 amide bonds. The fourth-order valence-corrected chi connectivity index (χ4v) is 3.14. The first-order chi connectivity index (χ1) is 10.1. The van der Waals surface area contributed by atoms with Gasteiger partial charge in [0.2, 0.25) is 0 Å². The van der Waals surface area contributed by atoms with Crippen LogP contribution in [0.4, 0.5) is 0 Å². The molecule has 0 N–H and O–H groups in total. The average Bonchev–Trinajstić information content (AvgIpc) is 3.29. The monoisotopic (exact) mass is 304 g/mol. The second kappa shape index (κ2) is 5.80. The molecule has 4 heteroatoms. The third-order valence-corrected chi connectivity index (χ3v) is 4.52. The van der Waals surface area contributed by atoms with E-state index < -0.39 is 0 Å². The van der Waals surface area contributed by atoms with Crippen LogP contribution in [0.5, 0.6) is 0 Å². The fourth-order valence-electron chi connectivity index (χ4n) is 2.99. The molecule has 0 spiro atoms. The Morgan fingerprint density at radius 3 is 2.71 bits per heavy atom. The molecule has 1 saturated carbocycles. The molecule has 1 aliphatic rings. The second-order valence-corrected chi connectivity index (χ2v) is 6.67. The van der Waals surface area contributed by atoms with Gasteiger partial charge in [-0.25, -0.2) is 4.98 Å². The maximum atomic E-state index is 12.9. The van der Waals surface area contributed by atoms with E-state index in [0.717, 1.165) is 24.3 Å². The molecule has 1 aromatic carbocycles. The Bertz CT molecular complexity index is 703. The Labute approximate surface area is 130 Å². The first kappa shape index (κ1) is 14.6. The predicted octanol–water partition coefficient (Wildman–Crippen LogP) is 4.45. The number of hydrogen-bond donors (Lipinski definition) is 0. The topological polar surface area (TPSA) is 34.9 Å². The summed E-state index contributed by atoms with van der Waals surface area (Å²) in [4.78, 5) is 17.6. The normalized spacial score (nSPS) is 17.9. The lowest BCUT2D eigenvalue weighted by Crippen LogP contribution is -2.29. The highest BCUT2D eigenvalue weighted by Gasteiger charge is 2.28. The number of para-hydroxylation sites is 1. The lowest BCUT2D eigenvalue weighted by atomic mass is 10.1. The van der Waals surface area contributed by atoms with E-state index in [1.165, 1.54) is 12.8 Å². The van der Waals surface area contributed by atoms with Gasteiger partial charge in [-0.3, -0.25) is 9.36 Å². The number of halogens is 1. The Morgan fingerprint density at radius 1 is 1.38 bits per heavy atom. The summed E-state index contributed by atoms with van der Waals surface area (Å²) in [5.74, 6) is 1.47. The van der Waals surface area contributed by atoms with Gasteiger partial charge in [0.25, 0.3) is 5.56 Å². The standard InChI is InChI=1S/C17H21ClN2O/c1-3-13(10-12-8-9-12)20-16(11(2)18)19-15-7-5-4-6-14(15)17(20)21/h4-7,11-13H,3,8-10H2,1-2H3. The summed E-state index contributed by atoms with van der Waals surface area (Å²) in [6.45, 7) is 4.02. The van der Waals surface area contributed by atoms with E-state index in [9.17, 15) is 4.79 Å². The third-order valence-electron chi connectivity index (χ3n) is 4.33. The van der Waals surface area contributed by atoms with Crippen LogP contribution in [0.1, 0.15) is 56.8 Å². The van der Waals surface area contributed by atoms with Gasteiger partial charge in [-0.05, 0) is 37.8 Å². The van der Waals surface area contributed by atoms with Gasteiger partial charge < -0.3 is 0 Å². The van der Waals surface area contributed by atoms with E-state index in [2.05, 4.69) is 11.9 Å². The summed E-state index contributed by atoms with van der Waals surface area (Å²) in [5, 5.41) is 0.420. The second-order valence-electron chi connectivity index (χ2n) is 6.02. The van der Waals surface area contributed by atoms with Crippen molar-refractivity contribution in [3.63, 3.8) is 0 Å². The number of hydrogen-bond acceptors (Lipinski definition) is 2. The van der Waals surface area contributed by atoms with E-state index in [-0.39, 0.29) is 17.0 Å². The van der Waals surface area contributed by atoms with E-state index in [1.54, 1.807) is 0 Å². The highest BCUT2D eigenvalue weighted by atomic mass is 35.5. The number of alkyl halides is 1. The van der Waals surface area contributed by atoms with Gasteiger partial charge in [-0.2, -0.15) is 0 Å². The Morgan fingerprint density at radius 2 is 2.10 bits per heavy atom. The first-order valence-corrected chi connectivity index (χ1v) is 8.20. The van der Waals surface area contributed by atoms with Crippen molar-refractivity contribution >= 4 is 22.5 Å². The molecule has 3 rings (SSSR count). The molecule has 1 fully saturated rings. The van der Waals surface area contributed by atoms with E-state index >= 15 is 0 Å². The maximum Gasteiger partial charge on any atom is 0.261 e. The minimum atomic E-state index is -0.268. The van der Waals surface area contributed by atoms with Crippen LogP contribution in [-0.2, 0) is 0 Å². The lowest BCUT2D eigenvalue weighted by molar-refractivity contribution is 0.402. The van der Waals surface area contributed by atoms with Gasteiger partial charge in [0.15, 0.2) is 0 Å². The van der Waals surface area contributed by atoms with Gasteiger partial charge in [0, 0.05) is 6.04 Å². The highest BCUT2D eigenvalue weighted by molar-refractivity contribution is 6.20. The van der Waals surface area contributed by atoms with E-state index in [1.807, 2.05) is 35.8 Å². The van der Waals surface area contributed by atoms with Crippen LogP contribution in [0.2, 0.25) is 0 Å². The minimum absolute atomic E-state index is 0.0515. The van der Waals surface area contributed by atoms with Crippen LogP contribution in [0, 0.1) is 5.92 Å². The van der Waals surface area contributed by atoms with Crippen molar-refractivity contribution in [2.75, 3.05) is 0 Å². The third kappa shape index (κ3) is 2.84. The summed E-state index contributed by atoms with van der Waals surface area (Å²) in [6.07, 6.45) is 4.58. The Kier molecular flexibility index (Phi) is 4.03. The number of benzene rings is 1. The van der Waals surface area contributed by atoms with Crippen LogP contribution in [0.25, 0.3) is 10.9 Å². The minimum Gasteiger partial charge on any atom is -0.292 e. The molecular formula is C17H21ClN2O. The van der Waals surface area contributed by atoms with Crippen molar-refractivity contribution in [3.8, 4) is 0 Å². The van der Waals surface area contributed by atoms with Crippen LogP contribution in [0.15, 0.2) is 29.1 Å². The maximum absolute atomic E-state index is 12.9. The largest absolute Gasteiger partial charge is 0.292 e. The Balaban J connectivity index is 2.19. The van der Waals surface area contributed by atoms with Crippen LogP contribution in [0.3, 0.4) is 0 Å². The van der Waals surface area contributed by atoms with Crippen LogP contribution >= 0.6 is 11.6 Å². The number of fused-ring (bicyclic) bond motifs is 1. The molecule has 1 aromatic heterocycles. The molecule has 1 aliphatic carbocycles. The molecule has 112 valence electrons. The zero-order valence-electron chi connectivity index (χ0n) is 12.6. The van der Waals surface area contributed by atoms with Gasteiger partial charge in [0.05, 0.1) is 16.3 Å². The lowest BCUT2D eigenvalue weighted by Gasteiger charge is -2.23. The fraction of sp³-hybridized carbons (Fsp3) is 0.529. The zero-order chi connectivity index (χ0) is 15.0. The van der Waals surface area contributed by atoms with Crippen LogP contribution in [-0.4, -0.2) is 9.55 Å². The van der Waals surface area contributed by atoms with E-state index in [0.29, 0.717) is 11.2 Å². The van der Waals surface area contributed by atoms with Gasteiger partial charge in [0.1, 0.15) is 5.82 Å². The average molecular weight is 305 g/mol. The Hall–Kier alpha value is -1.35. The molecule has 1 heterocycles. The van der Waals surface area contributed by atoms with Gasteiger partial charge in [-0.15, -0.1) is 11.6 Å². The predicted molar refractivity (Wildman–Crippen MR) is 86.9 cm³/mol. The molecule has 0 bridgehead atoms. The van der Waals surface area contributed by atoms with Gasteiger partial charge in [-0.1, -0.05) is 31.9 Å². The number of nitrogens with zero attached hydrogens (tertiary/aromatic N) is 2. The van der Waals surface area contributed by atoms with Crippen molar-refractivity contribution in [2.45, 2.75) is 50.9 Å². The summed E-state index contributed by atoms with van der Waals surface area (Å²) in [6, 6.07) is 7.74. The summed E-state index contributed by atoms with van der Waals surface area (Å²) >= 11 is 6.31. The summed E-state index contributed by atoms with van der Waals surface area (Å²) in [5.41, 5.74) is 0.790. The van der Waals surface area contributed by atoms with Crippen LogP contribution < -0.4 is 5.56 Å². The SMILES string of the molecule is CCC(CC1CC1)n1c(C(C)Cl)nc2ccccc2c1=O. The molecule has 21 heavy (non-hydrogen) atoms. The van der Waals surface area contributed by atoms with Crippen molar-refractivity contribution in [1.82, 2.24) is 9.55 Å². The number of rotatable bonds is 5. The first-order valence-electron chi connectivity index (χ1n) is 7.77.